The molecule has 192 valence electrons. The van der Waals surface area contributed by atoms with Gasteiger partial charge in [0.15, 0.2) is 0 Å². The van der Waals surface area contributed by atoms with E-state index in [1.807, 2.05) is 33.0 Å². The Morgan fingerprint density at radius 1 is 1.22 bits per heavy atom. The third kappa shape index (κ3) is 5.04. The molecule has 3 aromatic heterocycles. The molecule has 10 nitrogen and oxygen atoms in total. The lowest BCUT2D eigenvalue weighted by atomic mass is 9.76. The molecule has 3 atom stereocenters. The molecule has 2 fully saturated rings. The highest BCUT2D eigenvalue weighted by atomic mass is 16.3. The Morgan fingerprint density at radius 3 is 2.62 bits per heavy atom. The van der Waals surface area contributed by atoms with E-state index in [9.17, 15) is 15.2 Å². The number of nitrogens with one attached hydrogen (secondary N) is 1. The Balaban J connectivity index is 1.31. The highest BCUT2D eigenvalue weighted by Gasteiger charge is 2.44. The predicted molar refractivity (Wildman–Crippen MR) is 139 cm³/mol. The molecule has 5 rings (SSSR count). The number of nitriles is 1. The summed E-state index contributed by atoms with van der Waals surface area (Å²) in [5, 5.41) is 27.3. The molecule has 0 aromatic carbocycles. The SMILES string of the molecule is Cc1nc(NC(=O)c2cccc(-c3cnn(CC4(C#N)CC4)c3)n2)cc(N2C[C@@H](C)C(C)(O)[C@@H](C)C2)n1. The number of rotatable bonds is 6. The molecule has 0 spiro atoms. The van der Waals surface area contributed by atoms with Crippen LogP contribution in [-0.2, 0) is 6.54 Å². The molecule has 3 aromatic rings. The number of aliphatic hydroxyl groups is 1. The van der Waals surface area contributed by atoms with Gasteiger partial charge in [0.05, 0.1) is 35.5 Å². The molecule has 0 radical (unpaired) electrons. The van der Waals surface area contributed by atoms with E-state index in [0.717, 1.165) is 24.2 Å². The summed E-state index contributed by atoms with van der Waals surface area (Å²) in [6.07, 6.45) is 5.36. The maximum Gasteiger partial charge on any atom is 0.275 e. The quantitative estimate of drug-likeness (QED) is 0.526. The number of hydrogen-bond acceptors (Lipinski definition) is 8. The standard InChI is InChI=1S/C27H32N8O2/c1-17-12-34(13-18(2)26(17,4)37)24-10-23(30-19(3)31-24)33-25(36)22-7-5-6-21(32-22)20-11-29-35(14-20)16-27(15-28)8-9-27/h5-7,10-11,14,17-18,37H,8-9,12-13,16H2,1-4H3,(H,30,31,33,36)/t17-,18+,26?. The second kappa shape index (κ2) is 9.23. The molecule has 37 heavy (non-hydrogen) atoms. The molecular formula is C27H32N8O2. The highest BCUT2D eigenvalue weighted by Crippen LogP contribution is 2.46. The second-order valence-electron chi connectivity index (χ2n) is 10.8. The Kier molecular flexibility index (Phi) is 6.20. The zero-order valence-electron chi connectivity index (χ0n) is 21.6. The Labute approximate surface area is 216 Å². The summed E-state index contributed by atoms with van der Waals surface area (Å²) in [6, 6.07) is 9.41. The van der Waals surface area contributed by atoms with E-state index in [-0.39, 0.29) is 28.9 Å². The molecule has 2 N–H and O–H groups in total. The molecule has 2 aliphatic rings. The minimum absolute atomic E-state index is 0.0653. The van der Waals surface area contributed by atoms with Crippen molar-refractivity contribution in [2.24, 2.45) is 17.3 Å². The van der Waals surface area contributed by atoms with Crippen LogP contribution >= 0.6 is 0 Å². The maximum atomic E-state index is 13.1. The fourth-order valence-electron chi connectivity index (χ4n) is 4.81. The molecular weight excluding hydrogens is 468 g/mol. The van der Waals surface area contributed by atoms with Crippen molar-refractivity contribution in [3.63, 3.8) is 0 Å². The van der Waals surface area contributed by atoms with Crippen molar-refractivity contribution in [1.29, 1.82) is 5.26 Å². The van der Waals surface area contributed by atoms with Gasteiger partial charge in [-0.05, 0) is 38.8 Å². The first-order valence-electron chi connectivity index (χ1n) is 12.6. The average Bonchev–Trinajstić information content (AvgIpc) is 3.48. The number of nitrogens with zero attached hydrogens (tertiary/aromatic N) is 7. The normalized spacial score (nSPS) is 24.4. The van der Waals surface area contributed by atoms with Crippen molar-refractivity contribution >= 4 is 17.5 Å². The number of anilines is 2. The smallest absolute Gasteiger partial charge is 0.275 e. The number of carbonyl (C=O) groups is 1. The van der Waals surface area contributed by atoms with Crippen molar-refractivity contribution < 1.29 is 9.90 Å². The number of aromatic nitrogens is 5. The van der Waals surface area contributed by atoms with Crippen molar-refractivity contribution in [1.82, 2.24) is 24.7 Å². The van der Waals surface area contributed by atoms with Crippen LogP contribution in [0.15, 0.2) is 36.7 Å². The van der Waals surface area contributed by atoms with E-state index in [1.165, 1.54) is 0 Å². The van der Waals surface area contributed by atoms with Gasteiger partial charge in [0, 0.05) is 42.8 Å². The zero-order valence-corrected chi connectivity index (χ0v) is 21.6. The molecule has 1 saturated carbocycles. The number of piperidine rings is 1. The lowest BCUT2D eigenvalue weighted by Crippen LogP contribution is -2.55. The minimum Gasteiger partial charge on any atom is -0.389 e. The van der Waals surface area contributed by atoms with E-state index < -0.39 is 5.60 Å². The molecule has 4 heterocycles. The van der Waals surface area contributed by atoms with Crippen molar-refractivity contribution in [3.8, 4) is 17.3 Å². The van der Waals surface area contributed by atoms with Crippen molar-refractivity contribution in [3.05, 3.63) is 48.2 Å². The van der Waals surface area contributed by atoms with Gasteiger partial charge in [-0.15, -0.1) is 0 Å². The van der Waals surface area contributed by atoms with Crippen LogP contribution < -0.4 is 10.2 Å². The number of hydrogen-bond donors (Lipinski definition) is 2. The summed E-state index contributed by atoms with van der Waals surface area (Å²) in [7, 11) is 0. The molecule has 1 unspecified atom stereocenters. The van der Waals surface area contributed by atoms with Gasteiger partial charge in [0.25, 0.3) is 5.91 Å². The summed E-state index contributed by atoms with van der Waals surface area (Å²) in [6.45, 7) is 9.64. The number of aryl methyl sites for hydroxylation is 1. The fourth-order valence-corrected chi connectivity index (χ4v) is 4.81. The Morgan fingerprint density at radius 2 is 1.95 bits per heavy atom. The lowest BCUT2D eigenvalue weighted by molar-refractivity contribution is -0.0504. The predicted octanol–water partition coefficient (Wildman–Crippen LogP) is 3.44. The summed E-state index contributed by atoms with van der Waals surface area (Å²) < 4.78 is 1.77. The average molecular weight is 501 g/mol. The number of amides is 1. The van der Waals surface area contributed by atoms with Gasteiger partial charge in [-0.3, -0.25) is 9.48 Å². The Bertz CT molecular complexity index is 1360. The topological polar surface area (TPSA) is 133 Å². The third-order valence-electron chi connectivity index (χ3n) is 7.84. The minimum atomic E-state index is -0.738. The van der Waals surface area contributed by atoms with Gasteiger partial charge in [-0.1, -0.05) is 19.9 Å². The molecule has 1 aliphatic carbocycles. The van der Waals surface area contributed by atoms with E-state index in [4.69, 9.17) is 0 Å². The van der Waals surface area contributed by atoms with Gasteiger partial charge in [-0.2, -0.15) is 10.4 Å². The molecule has 10 heteroatoms. The van der Waals surface area contributed by atoms with Crippen LogP contribution in [0.2, 0.25) is 0 Å². The van der Waals surface area contributed by atoms with Gasteiger partial charge in [-0.25, -0.2) is 15.0 Å². The Hall–Kier alpha value is -3.84. The van der Waals surface area contributed by atoms with Crippen molar-refractivity contribution in [2.75, 3.05) is 23.3 Å². The molecule has 1 aliphatic heterocycles. The lowest BCUT2D eigenvalue weighted by Gasteiger charge is -2.46. The number of pyridine rings is 1. The third-order valence-corrected chi connectivity index (χ3v) is 7.84. The van der Waals surface area contributed by atoms with Crippen LogP contribution in [0.3, 0.4) is 0 Å². The fraction of sp³-hybridized carbons (Fsp3) is 0.481. The number of carbonyl (C=O) groups excluding carboxylic acids is 1. The van der Waals surface area contributed by atoms with Gasteiger partial charge >= 0.3 is 0 Å². The van der Waals surface area contributed by atoms with Gasteiger partial charge in [0.1, 0.15) is 23.2 Å². The van der Waals surface area contributed by atoms with Crippen LogP contribution in [0, 0.1) is 35.5 Å². The largest absolute Gasteiger partial charge is 0.389 e. The second-order valence-corrected chi connectivity index (χ2v) is 10.8. The van der Waals surface area contributed by atoms with Crippen LogP contribution in [0.5, 0.6) is 0 Å². The monoisotopic (exact) mass is 500 g/mol. The van der Waals surface area contributed by atoms with Crippen LogP contribution in [0.1, 0.15) is 49.9 Å². The first-order valence-corrected chi connectivity index (χ1v) is 12.6. The van der Waals surface area contributed by atoms with Crippen LogP contribution in [-0.4, -0.2) is 54.4 Å². The maximum absolute atomic E-state index is 13.1. The van der Waals surface area contributed by atoms with Crippen LogP contribution in [0.4, 0.5) is 11.6 Å². The van der Waals surface area contributed by atoms with E-state index >= 15 is 0 Å². The zero-order chi connectivity index (χ0) is 26.4. The molecule has 1 saturated heterocycles. The van der Waals surface area contributed by atoms with E-state index in [2.05, 4.69) is 36.3 Å². The van der Waals surface area contributed by atoms with E-state index in [1.54, 1.807) is 36.0 Å². The van der Waals surface area contributed by atoms with Crippen LogP contribution in [0.25, 0.3) is 11.3 Å². The summed E-state index contributed by atoms with van der Waals surface area (Å²) >= 11 is 0. The van der Waals surface area contributed by atoms with E-state index in [0.29, 0.717) is 37.0 Å². The summed E-state index contributed by atoms with van der Waals surface area (Å²) in [5.74, 6) is 1.42. The summed E-state index contributed by atoms with van der Waals surface area (Å²) in [4.78, 5) is 28.8. The first-order chi connectivity index (χ1) is 17.6. The molecule has 1 amide bonds. The molecule has 0 bridgehead atoms. The van der Waals surface area contributed by atoms with Gasteiger partial charge in [0.2, 0.25) is 0 Å². The van der Waals surface area contributed by atoms with Crippen molar-refractivity contribution in [2.45, 2.75) is 52.7 Å². The summed E-state index contributed by atoms with van der Waals surface area (Å²) in [5.41, 5.74) is 0.638. The highest BCUT2D eigenvalue weighted by molar-refractivity contribution is 6.02. The first kappa shape index (κ1) is 24.8. The van der Waals surface area contributed by atoms with Gasteiger partial charge < -0.3 is 15.3 Å².